The van der Waals surface area contributed by atoms with Crippen molar-refractivity contribution < 1.29 is 14.3 Å². The summed E-state index contributed by atoms with van der Waals surface area (Å²) < 4.78 is 5.07. The fraction of sp³-hybridized carbons (Fsp3) is 0.417. The monoisotopic (exact) mass is 266 g/mol. The van der Waals surface area contributed by atoms with E-state index in [1.807, 2.05) is 6.07 Å². The standard InChI is InChI=1S/C12H14N2O3S/c1-12(2,3)17-11(16)14-6-9-4-8(7-15)10(5-13)18-9/h4,7H,6H2,1-3H3,(H,14,16). The molecule has 0 radical (unpaired) electrons. The number of nitriles is 1. The maximum atomic E-state index is 11.4. The number of aldehydes is 1. The van der Waals surface area contributed by atoms with Gasteiger partial charge in [-0.1, -0.05) is 0 Å². The average Bonchev–Trinajstić information content (AvgIpc) is 2.66. The van der Waals surface area contributed by atoms with Crippen LogP contribution in [-0.2, 0) is 11.3 Å². The Bertz CT molecular complexity index is 494. The van der Waals surface area contributed by atoms with Crippen LogP contribution in [0.25, 0.3) is 0 Å². The van der Waals surface area contributed by atoms with Crippen molar-refractivity contribution >= 4 is 23.7 Å². The van der Waals surface area contributed by atoms with Crippen molar-refractivity contribution in [1.82, 2.24) is 5.32 Å². The first kappa shape index (κ1) is 14.2. The van der Waals surface area contributed by atoms with Crippen molar-refractivity contribution in [1.29, 1.82) is 5.26 Å². The molecular weight excluding hydrogens is 252 g/mol. The Labute approximate surface area is 109 Å². The SMILES string of the molecule is CC(C)(C)OC(=O)NCc1cc(C=O)c(C#N)s1. The predicted molar refractivity (Wildman–Crippen MR) is 67.5 cm³/mol. The summed E-state index contributed by atoms with van der Waals surface area (Å²) in [7, 11) is 0. The number of alkyl carbamates (subject to hydrolysis) is 1. The van der Waals surface area contributed by atoms with Crippen molar-refractivity contribution in [2.75, 3.05) is 0 Å². The van der Waals surface area contributed by atoms with Gasteiger partial charge >= 0.3 is 6.09 Å². The number of nitrogens with one attached hydrogen (secondary N) is 1. The molecular formula is C12H14N2O3S. The number of thiophene rings is 1. The Morgan fingerprint density at radius 2 is 2.28 bits per heavy atom. The molecule has 1 aromatic rings. The third-order valence-electron chi connectivity index (χ3n) is 1.85. The summed E-state index contributed by atoms with van der Waals surface area (Å²) in [6.07, 6.45) is 0.105. The van der Waals surface area contributed by atoms with Crippen molar-refractivity contribution in [3.05, 3.63) is 21.4 Å². The van der Waals surface area contributed by atoms with E-state index in [0.717, 1.165) is 4.88 Å². The van der Waals surface area contributed by atoms with Crippen LogP contribution in [-0.4, -0.2) is 18.0 Å². The zero-order valence-corrected chi connectivity index (χ0v) is 11.3. The molecule has 0 aliphatic carbocycles. The Kier molecular flexibility index (Phi) is 4.45. The van der Waals surface area contributed by atoms with E-state index in [1.54, 1.807) is 26.8 Å². The molecule has 0 unspecified atom stereocenters. The Balaban J connectivity index is 2.59. The summed E-state index contributed by atoms with van der Waals surface area (Å²) in [5.74, 6) is 0. The quantitative estimate of drug-likeness (QED) is 0.852. The molecule has 96 valence electrons. The highest BCUT2D eigenvalue weighted by Crippen LogP contribution is 2.20. The van der Waals surface area contributed by atoms with E-state index in [9.17, 15) is 9.59 Å². The lowest BCUT2D eigenvalue weighted by Gasteiger charge is -2.19. The number of nitrogens with zero attached hydrogens (tertiary/aromatic N) is 1. The highest BCUT2D eigenvalue weighted by Gasteiger charge is 2.16. The van der Waals surface area contributed by atoms with Gasteiger partial charge in [0.25, 0.3) is 0 Å². The van der Waals surface area contributed by atoms with E-state index in [4.69, 9.17) is 10.00 Å². The summed E-state index contributed by atoms with van der Waals surface area (Å²) in [6.45, 7) is 5.56. The molecule has 1 heterocycles. The molecule has 1 rings (SSSR count). The van der Waals surface area contributed by atoms with E-state index in [0.29, 0.717) is 16.7 Å². The maximum Gasteiger partial charge on any atom is 0.407 e. The molecule has 0 aromatic carbocycles. The minimum atomic E-state index is -0.550. The number of hydrogen-bond donors (Lipinski definition) is 1. The molecule has 0 bridgehead atoms. The smallest absolute Gasteiger partial charge is 0.407 e. The molecule has 0 spiro atoms. The van der Waals surface area contributed by atoms with Gasteiger partial charge in [0.1, 0.15) is 16.5 Å². The summed E-state index contributed by atoms with van der Waals surface area (Å²) in [5.41, 5.74) is -0.200. The van der Waals surface area contributed by atoms with Gasteiger partial charge in [-0.15, -0.1) is 11.3 Å². The molecule has 1 N–H and O–H groups in total. The molecule has 1 aromatic heterocycles. The van der Waals surface area contributed by atoms with E-state index in [2.05, 4.69) is 5.32 Å². The lowest BCUT2D eigenvalue weighted by Crippen LogP contribution is -2.31. The van der Waals surface area contributed by atoms with Gasteiger partial charge in [-0.25, -0.2) is 4.79 Å². The van der Waals surface area contributed by atoms with Gasteiger partial charge in [-0.3, -0.25) is 4.79 Å². The number of carbonyl (C=O) groups excluding carboxylic acids is 2. The van der Waals surface area contributed by atoms with Gasteiger partial charge in [0.05, 0.1) is 6.54 Å². The number of carbonyl (C=O) groups is 2. The normalized spacial score (nSPS) is 10.6. The molecule has 0 atom stereocenters. The van der Waals surface area contributed by atoms with Crippen LogP contribution >= 0.6 is 11.3 Å². The van der Waals surface area contributed by atoms with E-state index in [1.165, 1.54) is 11.3 Å². The fourth-order valence-corrected chi connectivity index (χ4v) is 2.06. The molecule has 18 heavy (non-hydrogen) atoms. The van der Waals surface area contributed by atoms with Crippen LogP contribution in [0.2, 0.25) is 0 Å². The third-order valence-corrected chi connectivity index (χ3v) is 2.90. The van der Waals surface area contributed by atoms with Crippen LogP contribution in [0.1, 0.15) is 40.9 Å². The fourth-order valence-electron chi connectivity index (χ4n) is 1.19. The minimum absolute atomic E-state index is 0.238. The maximum absolute atomic E-state index is 11.4. The molecule has 0 aliphatic heterocycles. The molecule has 0 saturated heterocycles. The number of amides is 1. The summed E-state index contributed by atoms with van der Waals surface area (Å²) in [4.78, 5) is 23.2. The lowest BCUT2D eigenvalue weighted by molar-refractivity contribution is 0.0524. The van der Waals surface area contributed by atoms with Crippen LogP contribution in [0.5, 0.6) is 0 Å². The number of rotatable bonds is 3. The van der Waals surface area contributed by atoms with Gasteiger partial charge in [0, 0.05) is 10.4 Å². The van der Waals surface area contributed by atoms with Gasteiger partial charge in [0.2, 0.25) is 0 Å². The molecule has 6 heteroatoms. The average molecular weight is 266 g/mol. The summed E-state index contributed by atoms with van der Waals surface area (Å²) >= 11 is 1.18. The van der Waals surface area contributed by atoms with Crippen molar-refractivity contribution in [2.45, 2.75) is 32.9 Å². The molecule has 0 fully saturated rings. The van der Waals surface area contributed by atoms with E-state index in [-0.39, 0.29) is 6.54 Å². The Morgan fingerprint density at radius 1 is 1.61 bits per heavy atom. The van der Waals surface area contributed by atoms with Crippen LogP contribution in [0.4, 0.5) is 4.79 Å². The zero-order valence-electron chi connectivity index (χ0n) is 10.4. The third kappa shape index (κ3) is 4.18. The van der Waals surface area contributed by atoms with E-state index < -0.39 is 11.7 Å². The van der Waals surface area contributed by atoms with Crippen molar-refractivity contribution in [3.8, 4) is 6.07 Å². The Hall–Kier alpha value is -1.87. The van der Waals surface area contributed by atoms with Gasteiger partial charge in [-0.2, -0.15) is 5.26 Å². The van der Waals surface area contributed by atoms with Crippen LogP contribution < -0.4 is 5.32 Å². The lowest BCUT2D eigenvalue weighted by atomic mass is 10.2. The first-order chi connectivity index (χ1) is 8.35. The Morgan fingerprint density at radius 3 is 2.72 bits per heavy atom. The molecule has 0 saturated carbocycles. The summed E-state index contributed by atoms with van der Waals surface area (Å²) in [5, 5.41) is 11.4. The second-order valence-electron chi connectivity index (χ2n) is 4.58. The number of ether oxygens (including phenoxy) is 1. The molecule has 1 amide bonds. The van der Waals surface area contributed by atoms with Crippen LogP contribution in [0.15, 0.2) is 6.07 Å². The molecule has 5 nitrogen and oxygen atoms in total. The zero-order chi connectivity index (χ0) is 13.8. The van der Waals surface area contributed by atoms with Gasteiger partial charge < -0.3 is 10.1 Å². The topological polar surface area (TPSA) is 79.2 Å². The van der Waals surface area contributed by atoms with E-state index >= 15 is 0 Å². The second kappa shape index (κ2) is 5.65. The summed E-state index contributed by atoms with van der Waals surface area (Å²) in [6, 6.07) is 3.53. The van der Waals surface area contributed by atoms with Crippen molar-refractivity contribution in [2.24, 2.45) is 0 Å². The number of hydrogen-bond acceptors (Lipinski definition) is 5. The van der Waals surface area contributed by atoms with Gasteiger partial charge in [0.15, 0.2) is 6.29 Å². The largest absolute Gasteiger partial charge is 0.444 e. The first-order valence-corrected chi connectivity index (χ1v) is 6.12. The van der Waals surface area contributed by atoms with Crippen LogP contribution in [0.3, 0.4) is 0 Å². The highest BCUT2D eigenvalue weighted by atomic mass is 32.1. The van der Waals surface area contributed by atoms with Crippen LogP contribution in [0, 0.1) is 11.3 Å². The predicted octanol–water partition coefficient (Wildman–Crippen LogP) is 2.46. The molecule has 0 aliphatic rings. The van der Waals surface area contributed by atoms with Gasteiger partial charge in [-0.05, 0) is 26.8 Å². The highest BCUT2D eigenvalue weighted by molar-refractivity contribution is 7.12. The first-order valence-electron chi connectivity index (χ1n) is 5.30. The minimum Gasteiger partial charge on any atom is -0.444 e. The second-order valence-corrected chi connectivity index (χ2v) is 5.72. The van der Waals surface area contributed by atoms with Crippen molar-refractivity contribution in [3.63, 3.8) is 0 Å².